The van der Waals surface area contributed by atoms with Crippen LogP contribution >= 0.6 is 11.3 Å². The van der Waals surface area contributed by atoms with Crippen molar-refractivity contribution in [1.82, 2.24) is 4.98 Å². The molecule has 0 saturated carbocycles. The van der Waals surface area contributed by atoms with Crippen molar-refractivity contribution in [2.45, 2.75) is 13.8 Å². The van der Waals surface area contributed by atoms with Crippen LogP contribution in [0.15, 0.2) is 54.6 Å². The summed E-state index contributed by atoms with van der Waals surface area (Å²) in [4.78, 5) is 17.6. The molecule has 0 aliphatic carbocycles. The fourth-order valence-electron chi connectivity index (χ4n) is 2.22. The third-order valence-corrected chi connectivity index (χ3v) is 4.50. The van der Waals surface area contributed by atoms with Gasteiger partial charge in [0.15, 0.2) is 0 Å². The number of hydrogen-bond donors (Lipinski definition) is 1. The van der Waals surface area contributed by atoms with Gasteiger partial charge in [0, 0.05) is 11.3 Å². The molecule has 0 aliphatic rings. The molecule has 0 aliphatic heterocycles. The summed E-state index contributed by atoms with van der Waals surface area (Å²) in [6.07, 6.45) is 0. The number of carbonyl (C=O) groups is 1. The van der Waals surface area contributed by atoms with Gasteiger partial charge in [0.1, 0.15) is 9.88 Å². The van der Waals surface area contributed by atoms with Gasteiger partial charge in [-0.05, 0) is 31.5 Å². The van der Waals surface area contributed by atoms with E-state index in [1.165, 1.54) is 11.3 Å². The Morgan fingerprint density at radius 1 is 1.05 bits per heavy atom. The Kier molecular flexibility index (Phi) is 4.02. The van der Waals surface area contributed by atoms with Crippen molar-refractivity contribution >= 4 is 22.9 Å². The number of nitrogens with one attached hydrogen (secondary N) is 1. The van der Waals surface area contributed by atoms with E-state index < -0.39 is 0 Å². The smallest absolute Gasteiger partial charge is 0.267 e. The Labute approximate surface area is 133 Å². The Morgan fingerprint density at radius 3 is 2.55 bits per heavy atom. The van der Waals surface area contributed by atoms with E-state index in [1.807, 2.05) is 68.4 Å². The number of aryl methyl sites for hydroxylation is 2. The molecule has 4 heteroatoms. The summed E-state index contributed by atoms with van der Waals surface area (Å²) in [5, 5.41) is 3.80. The molecule has 3 rings (SSSR count). The number of anilines is 1. The van der Waals surface area contributed by atoms with Crippen LogP contribution in [0.25, 0.3) is 10.6 Å². The first-order valence-corrected chi connectivity index (χ1v) is 7.86. The Bertz CT molecular complexity index is 809. The summed E-state index contributed by atoms with van der Waals surface area (Å²) in [7, 11) is 0. The van der Waals surface area contributed by atoms with E-state index >= 15 is 0 Å². The maximum absolute atomic E-state index is 12.5. The largest absolute Gasteiger partial charge is 0.321 e. The minimum atomic E-state index is -0.109. The lowest BCUT2D eigenvalue weighted by atomic mass is 10.2. The van der Waals surface area contributed by atoms with Crippen LogP contribution < -0.4 is 5.32 Å². The fourth-order valence-corrected chi connectivity index (χ4v) is 3.19. The zero-order chi connectivity index (χ0) is 15.5. The highest BCUT2D eigenvalue weighted by molar-refractivity contribution is 7.17. The highest BCUT2D eigenvalue weighted by Gasteiger charge is 2.16. The van der Waals surface area contributed by atoms with Crippen LogP contribution in [0.1, 0.15) is 20.9 Å². The highest BCUT2D eigenvalue weighted by atomic mass is 32.1. The maximum atomic E-state index is 12.5. The van der Waals surface area contributed by atoms with Gasteiger partial charge in [0.25, 0.3) is 5.91 Å². The van der Waals surface area contributed by atoms with Crippen LogP contribution in [-0.2, 0) is 0 Å². The molecule has 1 N–H and O–H groups in total. The van der Waals surface area contributed by atoms with Crippen LogP contribution in [0.3, 0.4) is 0 Å². The van der Waals surface area contributed by atoms with Gasteiger partial charge in [-0.15, -0.1) is 11.3 Å². The van der Waals surface area contributed by atoms with Gasteiger partial charge in [-0.25, -0.2) is 4.98 Å². The molecule has 0 saturated heterocycles. The molecule has 3 nitrogen and oxygen atoms in total. The predicted octanol–water partition coefficient (Wildman–Crippen LogP) is 4.68. The van der Waals surface area contributed by atoms with E-state index in [4.69, 9.17) is 0 Å². The molecule has 3 aromatic rings. The van der Waals surface area contributed by atoms with Crippen molar-refractivity contribution in [2.24, 2.45) is 0 Å². The number of thiazole rings is 1. The van der Waals surface area contributed by atoms with Crippen LogP contribution in [0.4, 0.5) is 5.69 Å². The summed E-state index contributed by atoms with van der Waals surface area (Å²) in [6.45, 7) is 3.87. The summed E-state index contributed by atoms with van der Waals surface area (Å²) < 4.78 is 0. The topological polar surface area (TPSA) is 42.0 Å². The summed E-state index contributed by atoms with van der Waals surface area (Å²) in [5.41, 5.74) is 3.71. The van der Waals surface area contributed by atoms with Gasteiger partial charge in [-0.2, -0.15) is 0 Å². The van der Waals surface area contributed by atoms with E-state index in [-0.39, 0.29) is 5.91 Å². The quantitative estimate of drug-likeness (QED) is 0.763. The van der Waals surface area contributed by atoms with Crippen LogP contribution in [-0.4, -0.2) is 10.9 Å². The highest BCUT2D eigenvalue weighted by Crippen LogP contribution is 2.28. The molecule has 1 aromatic heterocycles. The second-order valence-electron chi connectivity index (χ2n) is 5.12. The minimum Gasteiger partial charge on any atom is -0.321 e. The first-order valence-electron chi connectivity index (χ1n) is 7.04. The van der Waals surface area contributed by atoms with E-state index in [2.05, 4.69) is 10.3 Å². The summed E-state index contributed by atoms with van der Waals surface area (Å²) in [6, 6.07) is 17.7. The van der Waals surface area contributed by atoms with Crippen molar-refractivity contribution in [2.75, 3.05) is 5.32 Å². The summed E-state index contributed by atoms with van der Waals surface area (Å²) >= 11 is 1.42. The number of aromatic nitrogens is 1. The third kappa shape index (κ3) is 3.07. The molecule has 1 heterocycles. The van der Waals surface area contributed by atoms with Crippen molar-refractivity contribution in [3.05, 3.63) is 70.7 Å². The zero-order valence-electron chi connectivity index (χ0n) is 12.5. The molecule has 22 heavy (non-hydrogen) atoms. The number of rotatable bonds is 3. The Morgan fingerprint density at radius 2 is 1.82 bits per heavy atom. The fraction of sp³-hybridized carbons (Fsp3) is 0.111. The molecule has 0 bridgehead atoms. The van der Waals surface area contributed by atoms with Gasteiger partial charge in [0.2, 0.25) is 0 Å². The number of benzene rings is 2. The molecule has 0 fully saturated rings. The van der Waals surface area contributed by atoms with Gasteiger partial charge in [0.05, 0.1) is 5.69 Å². The van der Waals surface area contributed by atoms with E-state index in [0.717, 1.165) is 27.5 Å². The van der Waals surface area contributed by atoms with Crippen molar-refractivity contribution in [1.29, 1.82) is 0 Å². The van der Waals surface area contributed by atoms with Gasteiger partial charge in [-0.1, -0.05) is 42.5 Å². The normalized spacial score (nSPS) is 10.5. The monoisotopic (exact) mass is 308 g/mol. The lowest BCUT2D eigenvalue weighted by Gasteiger charge is -2.04. The van der Waals surface area contributed by atoms with E-state index in [1.54, 1.807) is 0 Å². The van der Waals surface area contributed by atoms with Crippen LogP contribution in [0.5, 0.6) is 0 Å². The molecule has 2 aromatic carbocycles. The average Bonchev–Trinajstić information content (AvgIpc) is 2.90. The molecule has 0 atom stereocenters. The zero-order valence-corrected chi connectivity index (χ0v) is 13.3. The molecule has 0 spiro atoms. The third-order valence-electron chi connectivity index (χ3n) is 3.30. The maximum Gasteiger partial charge on any atom is 0.267 e. The first kappa shape index (κ1) is 14.5. The number of hydrogen-bond acceptors (Lipinski definition) is 3. The lowest BCUT2D eigenvalue weighted by molar-refractivity contribution is 0.103. The second-order valence-corrected chi connectivity index (χ2v) is 6.12. The molecular weight excluding hydrogens is 292 g/mol. The van der Waals surface area contributed by atoms with Crippen LogP contribution in [0, 0.1) is 13.8 Å². The average molecular weight is 308 g/mol. The summed E-state index contributed by atoms with van der Waals surface area (Å²) in [5.74, 6) is -0.109. The van der Waals surface area contributed by atoms with Crippen molar-refractivity contribution < 1.29 is 4.79 Å². The number of carbonyl (C=O) groups excluding carboxylic acids is 1. The molecule has 0 radical (unpaired) electrons. The Hall–Kier alpha value is -2.46. The number of nitrogens with zero attached hydrogens (tertiary/aromatic N) is 1. The van der Waals surface area contributed by atoms with Gasteiger partial charge in [-0.3, -0.25) is 4.79 Å². The first-order chi connectivity index (χ1) is 10.6. The lowest BCUT2D eigenvalue weighted by Crippen LogP contribution is -2.11. The molecular formula is C18H16N2OS. The molecule has 0 unspecified atom stereocenters. The van der Waals surface area contributed by atoms with Crippen molar-refractivity contribution in [3.63, 3.8) is 0 Å². The van der Waals surface area contributed by atoms with Crippen LogP contribution in [0.2, 0.25) is 0 Å². The van der Waals surface area contributed by atoms with E-state index in [0.29, 0.717) is 4.88 Å². The molecule has 1 amide bonds. The Balaban J connectivity index is 1.86. The second kappa shape index (κ2) is 6.12. The van der Waals surface area contributed by atoms with Crippen molar-refractivity contribution in [3.8, 4) is 10.6 Å². The predicted molar refractivity (Wildman–Crippen MR) is 91.4 cm³/mol. The van der Waals surface area contributed by atoms with Gasteiger partial charge < -0.3 is 5.32 Å². The van der Waals surface area contributed by atoms with E-state index in [9.17, 15) is 4.79 Å². The number of amides is 1. The minimum absolute atomic E-state index is 0.109. The SMILES string of the molecule is Cc1cccc(NC(=O)c2sc(-c3ccccc3)nc2C)c1. The standard InChI is InChI=1S/C18H16N2OS/c1-12-7-6-10-15(11-12)20-17(21)16-13(2)19-18(22-16)14-8-4-3-5-9-14/h3-11H,1-2H3,(H,20,21). The van der Waals surface area contributed by atoms with Gasteiger partial charge >= 0.3 is 0 Å². The molecule has 110 valence electrons.